The van der Waals surface area contributed by atoms with Gasteiger partial charge in [0.1, 0.15) is 0 Å². The van der Waals surface area contributed by atoms with E-state index in [2.05, 4.69) is 5.32 Å². The Balaban J connectivity index is 1.98. The highest BCUT2D eigenvalue weighted by molar-refractivity contribution is 14.1. The van der Waals surface area contributed by atoms with Crippen LogP contribution in [-0.2, 0) is 28.7 Å². The van der Waals surface area contributed by atoms with Crippen LogP contribution in [0.25, 0.3) is 0 Å². The maximum atomic E-state index is 13.4. The van der Waals surface area contributed by atoms with Gasteiger partial charge in [0.25, 0.3) is 5.91 Å². The molecule has 3 aromatic carbocycles. The molecule has 236 valence electrons. The van der Waals surface area contributed by atoms with Gasteiger partial charge in [-0.25, -0.2) is 14.4 Å². The zero-order valence-electron chi connectivity index (χ0n) is 24.2. The lowest BCUT2D eigenvalue weighted by Crippen LogP contribution is -2.48. The molecule has 0 unspecified atom stereocenters. The number of nitrogens with one attached hydrogen (secondary N) is 1. The smallest absolute Gasteiger partial charge is 0.349 e. The van der Waals surface area contributed by atoms with Crippen LogP contribution < -0.4 is 24.3 Å². The first-order valence-corrected chi connectivity index (χ1v) is 13.9. The van der Waals surface area contributed by atoms with Gasteiger partial charge in [-0.15, -0.1) is 0 Å². The molecule has 0 saturated heterocycles. The molecule has 15 heteroatoms. The maximum absolute atomic E-state index is 13.4. The van der Waals surface area contributed by atoms with E-state index in [9.17, 15) is 33.9 Å². The van der Waals surface area contributed by atoms with E-state index in [1.165, 1.54) is 44.6 Å². The van der Waals surface area contributed by atoms with Crippen molar-refractivity contribution in [2.45, 2.75) is 26.1 Å². The fourth-order valence-electron chi connectivity index (χ4n) is 3.70. The van der Waals surface area contributed by atoms with Crippen LogP contribution in [0.1, 0.15) is 34.6 Å². The summed E-state index contributed by atoms with van der Waals surface area (Å²) in [4.78, 5) is 74.9. The Labute approximate surface area is 269 Å². The van der Waals surface area contributed by atoms with Crippen molar-refractivity contribution >= 4 is 64.0 Å². The molecule has 0 heterocycles. The molecule has 0 aliphatic carbocycles. The SMILES string of the molecule is COc1cc(C(=O)O[C@H](C(=O)O)[C@H](OC(=O)c2ccc(OC(C)=O)c(OC)c2)C(=O)Nc2ccccc2I)ccc1OC(C)=O. The number of anilines is 1. The van der Waals surface area contributed by atoms with Crippen LogP contribution in [0.4, 0.5) is 5.69 Å². The molecular formula is C30H26INO13. The van der Waals surface area contributed by atoms with Gasteiger partial charge in [0, 0.05) is 17.4 Å². The van der Waals surface area contributed by atoms with Crippen LogP contribution in [0, 0.1) is 3.57 Å². The molecule has 0 aliphatic heterocycles. The van der Waals surface area contributed by atoms with E-state index < -0.39 is 48.0 Å². The van der Waals surface area contributed by atoms with Crippen LogP contribution in [-0.4, -0.2) is 67.3 Å². The number of carbonyl (C=O) groups is 6. The number of methoxy groups -OCH3 is 2. The first kappa shape index (κ1) is 34.3. The van der Waals surface area contributed by atoms with E-state index in [1.807, 2.05) is 22.6 Å². The topological polar surface area (TPSA) is 190 Å². The van der Waals surface area contributed by atoms with Crippen LogP contribution in [0.15, 0.2) is 60.7 Å². The minimum absolute atomic E-state index is 0.0120. The van der Waals surface area contributed by atoms with Crippen molar-refractivity contribution in [3.63, 3.8) is 0 Å². The first-order valence-electron chi connectivity index (χ1n) is 12.8. The van der Waals surface area contributed by atoms with Crippen molar-refractivity contribution in [2.75, 3.05) is 19.5 Å². The number of carboxylic acids is 1. The number of para-hydroxylation sites is 1. The highest BCUT2D eigenvalue weighted by Gasteiger charge is 2.41. The largest absolute Gasteiger partial charge is 0.493 e. The molecule has 0 aromatic heterocycles. The number of benzene rings is 3. The molecule has 3 aromatic rings. The molecular weight excluding hydrogens is 709 g/mol. The molecule has 0 spiro atoms. The van der Waals surface area contributed by atoms with Crippen LogP contribution >= 0.6 is 22.6 Å². The molecule has 1 amide bonds. The van der Waals surface area contributed by atoms with Gasteiger partial charge in [0.05, 0.1) is 31.0 Å². The molecule has 0 radical (unpaired) electrons. The number of amides is 1. The van der Waals surface area contributed by atoms with Crippen LogP contribution in [0.2, 0.25) is 0 Å². The summed E-state index contributed by atoms with van der Waals surface area (Å²) in [7, 11) is 2.50. The Kier molecular flexibility index (Phi) is 11.8. The zero-order valence-corrected chi connectivity index (χ0v) is 26.3. The third kappa shape index (κ3) is 9.15. The van der Waals surface area contributed by atoms with Gasteiger partial charge in [0.15, 0.2) is 23.0 Å². The molecule has 0 aliphatic rings. The molecule has 2 atom stereocenters. The van der Waals surface area contributed by atoms with E-state index in [-0.39, 0.29) is 39.8 Å². The zero-order chi connectivity index (χ0) is 33.3. The number of halogens is 1. The van der Waals surface area contributed by atoms with E-state index in [1.54, 1.807) is 18.2 Å². The Morgan fingerprint density at radius 1 is 0.689 bits per heavy atom. The molecule has 2 N–H and O–H groups in total. The average Bonchev–Trinajstić information content (AvgIpc) is 2.99. The third-order valence-electron chi connectivity index (χ3n) is 5.68. The van der Waals surface area contributed by atoms with Gasteiger partial charge in [0.2, 0.25) is 12.2 Å². The van der Waals surface area contributed by atoms with E-state index in [0.29, 0.717) is 3.57 Å². The molecule has 45 heavy (non-hydrogen) atoms. The molecule has 0 bridgehead atoms. The van der Waals surface area contributed by atoms with E-state index >= 15 is 0 Å². The second-order valence-electron chi connectivity index (χ2n) is 8.88. The monoisotopic (exact) mass is 735 g/mol. The Bertz CT molecular complexity index is 1640. The summed E-state index contributed by atoms with van der Waals surface area (Å²) in [5.41, 5.74) is -0.184. The van der Waals surface area contributed by atoms with Crippen molar-refractivity contribution in [3.05, 3.63) is 75.4 Å². The molecule has 3 rings (SSSR count). The van der Waals surface area contributed by atoms with E-state index in [4.69, 9.17) is 28.4 Å². The number of esters is 4. The summed E-state index contributed by atoms with van der Waals surface area (Å²) in [6.45, 7) is 2.32. The summed E-state index contributed by atoms with van der Waals surface area (Å²) >= 11 is 1.93. The Morgan fingerprint density at radius 3 is 1.58 bits per heavy atom. The van der Waals surface area contributed by atoms with Gasteiger partial charge >= 0.3 is 29.8 Å². The van der Waals surface area contributed by atoms with Gasteiger partial charge in [-0.2, -0.15) is 0 Å². The van der Waals surface area contributed by atoms with Gasteiger partial charge in [-0.3, -0.25) is 14.4 Å². The Morgan fingerprint density at radius 2 is 1.16 bits per heavy atom. The van der Waals surface area contributed by atoms with E-state index in [0.717, 1.165) is 26.0 Å². The van der Waals surface area contributed by atoms with Crippen molar-refractivity contribution in [2.24, 2.45) is 0 Å². The highest BCUT2D eigenvalue weighted by Crippen LogP contribution is 2.30. The summed E-state index contributed by atoms with van der Waals surface area (Å²) in [5.74, 6) is -6.78. The second kappa shape index (κ2) is 15.5. The number of rotatable bonds is 12. The number of hydrogen-bond acceptors (Lipinski definition) is 12. The third-order valence-corrected chi connectivity index (χ3v) is 6.62. The highest BCUT2D eigenvalue weighted by atomic mass is 127. The first-order chi connectivity index (χ1) is 21.3. The quantitative estimate of drug-likeness (QED) is 0.156. The number of aliphatic carboxylic acids is 1. The van der Waals surface area contributed by atoms with Crippen molar-refractivity contribution < 1.29 is 62.3 Å². The second-order valence-corrected chi connectivity index (χ2v) is 10.0. The van der Waals surface area contributed by atoms with Crippen LogP contribution in [0.5, 0.6) is 23.0 Å². The minimum Gasteiger partial charge on any atom is -0.493 e. The van der Waals surface area contributed by atoms with Crippen LogP contribution in [0.3, 0.4) is 0 Å². The lowest BCUT2D eigenvalue weighted by Gasteiger charge is -2.24. The molecule has 0 saturated carbocycles. The van der Waals surface area contributed by atoms with Gasteiger partial charge < -0.3 is 38.8 Å². The standard InChI is InChI=1S/C30H26INO13/c1-15(33)42-21-11-9-17(13-23(21)40-3)29(38)44-25(27(35)32-20-8-6-5-7-19(20)31)26(28(36)37)45-30(39)18-10-12-22(43-16(2)34)24(14-18)41-4/h5-14,25-26H,1-4H3,(H,32,35)(H,36,37)/t25-,26-/m0/s1. The van der Waals surface area contributed by atoms with Crippen molar-refractivity contribution in [1.29, 1.82) is 0 Å². The Hall–Kier alpha value is -5.19. The predicted molar refractivity (Wildman–Crippen MR) is 162 cm³/mol. The number of ether oxygens (including phenoxy) is 6. The minimum atomic E-state index is -2.34. The summed E-state index contributed by atoms with van der Waals surface area (Å²) < 4.78 is 31.4. The van der Waals surface area contributed by atoms with Crippen molar-refractivity contribution in [1.82, 2.24) is 0 Å². The lowest BCUT2D eigenvalue weighted by atomic mass is 10.1. The predicted octanol–water partition coefficient (Wildman–Crippen LogP) is 3.63. The summed E-state index contributed by atoms with van der Waals surface area (Å²) in [6.07, 6.45) is -4.56. The fraction of sp³-hybridized carbons (Fsp3) is 0.200. The molecule has 14 nitrogen and oxygen atoms in total. The maximum Gasteiger partial charge on any atom is 0.349 e. The average molecular weight is 735 g/mol. The molecule has 0 fully saturated rings. The summed E-state index contributed by atoms with van der Waals surface area (Å²) in [5, 5.41) is 12.5. The fourth-order valence-corrected chi connectivity index (χ4v) is 4.22. The number of hydrogen-bond donors (Lipinski definition) is 2. The lowest BCUT2D eigenvalue weighted by molar-refractivity contribution is -0.157. The summed E-state index contributed by atoms with van der Waals surface area (Å²) in [6, 6.07) is 13.6. The van der Waals surface area contributed by atoms with Crippen molar-refractivity contribution in [3.8, 4) is 23.0 Å². The normalized spacial score (nSPS) is 11.7. The number of carboxylic acid groups (broad SMARTS) is 1. The van der Waals surface area contributed by atoms with Gasteiger partial charge in [-0.05, 0) is 71.1 Å². The number of carbonyl (C=O) groups excluding carboxylic acids is 5. The van der Waals surface area contributed by atoms with Gasteiger partial charge in [-0.1, -0.05) is 12.1 Å².